The number of carbonyl (C=O) groups is 1. The molecule has 1 aromatic heterocycles. The summed E-state index contributed by atoms with van der Waals surface area (Å²) < 4.78 is 30.2. The van der Waals surface area contributed by atoms with E-state index in [1.807, 2.05) is 31.2 Å². The topological polar surface area (TPSA) is 105 Å². The molecule has 2 aromatic carbocycles. The first-order valence-corrected chi connectivity index (χ1v) is 10.8. The largest absolute Gasteiger partial charge is 0.337 e. The van der Waals surface area contributed by atoms with E-state index in [2.05, 4.69) is 14.9 Å². The standard InChI is InChI=1S/C19H19ClN4O4S/c1-12-5-4-6-13(9-12)18-21-17(28-22-18)11-24(2)19(25)15-8-7-14(10-16(15)20)23-29(3,26)27/h4-10,23H,11H2,1-3H3. The molecule has 0 unspecified atom stereocenters. The fourth-order valence-corrected chi connectivity index (χ4v) is 3.48. The van der Waals surface area contributed by atoms with Gasteiger partial charge in [-0.05, 0) is 31.2 Å². The minimum atomic E-state index is -3.44. The van der Waals surface area contributed by atoms with Gasteiger partial charge in [0.15, 0.2) is 0 Å². The zero-order valence-corrected chi connectivity index (χ0v) is 17.6. The summed E-state index contributed by atoms with van der Waals surface area (Å²) in [5.41, 5.74) is 2.40. The molecule has 0 fully saturated rings. The van der Waals surface area contributed by atoms with Crippen LogP contribution < -0.4 is 4.72 Å². The van der Waals surface area contributed by atoms with Crippen LogP contribution in [0.4, 0.5) is 5.69 Å². The van der Waals surface area contributed by atoms with E-state index in [0.29, 0.717) is 5.82 Å². The van der Waals surface area contributed by atoms with Gasteiger partial charge in [0.2, 0.25) is 21.7 Å². The van der Waals surface area contributed by atoms with Crippen LogP contribution in [0.5, 0.6) is 0 Å². The van der Waals surface area contributed by atoms with Crippen LogP contribution in [0.15, 0.2) is 47.0 Å². The van der Waals surface area contributed by atoms with Crippen molar-refractivity contribution in [2.75, 3.05) is 18.0 Å². The number of rotatable bonds is 6. The highest BCUT2D eigenvalue weighted by Gasteiger charge is 2.19. The van der Waals surface area contributed by atoms with Crippen molar-refractivity contribution in [3.63, 3.8) is 0 Å². The smallest absolute Gasteiger partial charge is 0.255 e. The quantitative estimate of drug-likeness (QED) is 0.637. The van der Waals surface area contributed by atoms with Crippen LogP contribution in [-0.4, -0.2) is 42.7 Å². The van der Waals surface area contributed by atoms with Crippen LogP contribution in [0.2, 0.25) is 5.02 Å². The highest BCUT2D eigenvalue weighted by atomic mass is 35.5. The molecule has 0 radical (unpaired) electrons. The highest BCUT2D eigenvalue weighted by molar-refractivity contribution is 7.92. The van der Waals surface area contributed by atoms with Crippen LogP contribution >= 0.6 is 11.6 Å². The first kappa shape index (κ1) is 20.8. The van der Waals surface area contributed by atoms with Gasteiger partial charge in [0.25, 0.3) is 5.91 Å². The molecule has 0 aliphatic rings. The molecule has 0 saturated heterocycles. The Bertz CT molecular complexity index is 1160. The molecule has 1 heterocycles. The van der Waals surface area contributed by atoms with Crippen LogP contribution in [0.3, 0.4) is 0 Å². The number of anilines is 1. The number of sulfonamides is 1. The zero-order chi connectivity index (χ0) is 21.2. The summed E-state index contributed by atoms with van der Waals surface area (Å²) in [7, 11) is -1.86. The van der Waals surface area contributed by atoms with E-state index in [1.54, 1.807) is 7.05 Å². The normalized spacial score (nSPS) is 11.3. The number of carbonyl (C=O) groups excluding carboxylic acids is 1. The third kappa shape index (κ3) is 5.33. The van der Waals surface area contributed by atoms with E-state index in [4.69, 9.17) is 16.1 Å². The minimum absolute atomic E-state index is 0.0946. The summed E-state index contributed by atoms with van der Waals surface area (Å²) in [5.74, 6) is 0.360. The number of nitrogens with zero attached hydrogens (tertiary/aromatic N) is 3. The monoisotopic (exact) mass is 434 g/mol. The number of benzene rings is 2. The van der Waals surface area contributed by atoms with Crippen molar-refractivity contribution in [2.24, 2.45) is 0 Å². The maximum absolute atomic E-state index is 12.7. The minimum Gasteiger partial charge on any atom is -0.337 e. The number of halogens is 1. The van der Waals surface area contributed by atoms with Crippen LogP contribution in [-0.2, 0) is 16.6 Å². The van der Waals surface area contributed by atoms with Crippen molar-refractivity contribution in [1.29, 1.82) is 0 Å². The van der Waals surface area contributed by atoms with Crippen LogP contribution in [0.1, 0.15) is 21.8 Å². The Kier molecular flexibility index (Phi) is 5.90. The summed E-state index contributed by atoms with van der Waals surface area (Å²) in [4.78, 5) is 18.4. The summed E-state index contributed by atoms with van der Waals surface area (Å²) in [6.45, 7) is 2.06. The first-order chi connectivity index (χ1) is 13.6. The molecule has 0 aliphatic heterocycles. The third-order valence-electron chi connectivity index (χ3n) is 3.97. The molecule has 3 rings (SSSR count). The van der Waals surface area contributed by atoms with Gasteiger partial charge in [-0.15, -0.1) is 0 Å². The number of nitrogens with one attached hydrogen (secondary N) is 1. The van der Waals surface area contributed by atoms with Crippen molar-refractivity contribution < 1.29 is 17.7 Å². The maximum atomic E-state index is 12.7. The van der Waals surface area contributed by atoms with Gasteiger partial charge in [0, 0.05) is 18.3 Å². The van der Waals surface area contributed by atoms with E-state index < -0.39 is 10.0 Å². The van der Waals surface area contributed by atoms with E-state index in [9.17, 15) is 13.2 Å². The van der Waals surface area contributed by atoms with Crippen LogP contribution in [0, 0.1) is 6.92 Å². The SMILES string of the molecule is Cc1cccc(-c2noc(CN(C)C(=O)c3ccc(NS(C)(=O)=O)cc3Cl)n2)c1. The van der Waals surface area contributed by atoms with Crippen molar-refractivity contribution in [1.82, 2.24) is 15.0 Å². The Labute approximate surface area is 173 Å². The third-order valence-corrected chi connectivity index (χ3v) is 4.89. The number of amides is 1. The average Bonchev–Trinajstić information content (AvgIpc) is 3.08. The van der Waals surface area contributed by atoms with Gasteiger partial charge in [0.1, 0.15) is 0 Å². The number of aromatic nitrogens is 2. The second-order valence-electron chi connectivity index (χ2n) is 6.61. The van der Waals surface area contributed by atoms with Crippen molar-refractivity contribution in [2.45, 2.75) is 13.5 Å². The molecule has 8 nitrogen and oxygen atoms in total. The lowest BCUT2D eigenvalue weighted by Crippen LogP contribution is -2.26. The predicted octanol–water partition coefficient (Wildman–Crippen LogP) is 3.34. The van der Waals surface area contributed by atoms with Gasteiger partial charge in [-0.25, -0.2) is 8.42 Å². The molecule has 0 aliphatic carbocycles. The highest BCUT2D eigenvalue weighted by Crippen LogP contribution is 2.23. The van der Waals surface area contributed by atoms with E-state index in [1.165, 1.54) is 23.1 Å². The molecule has 0 bridgehead atoms. The van der Waals surface area contributed by atoms with Crippen molar-refractivity contribution in [3.05, 3.63) is 64.5 Å². The number of hydrogen-bond acceptors (Lipinski definition) is 6. The van der Waals surface area contributed by atoms with E-state index in [-0.39, 0.29) is 34.6 Å². The molecule has 0 atom stereocenters. The lowest BCUT2D eigenvalue weighted by molar-refractivity contribution is 0.0770. The molecule has 1 amide bonds. The Morgan fingerprint density at radius 3 is 2.66 bits per heavy atom. The number of aryl methyl sites for hydroxylation is 1. The Morgan fingerprint density at radius 2 is 2.00 bits per heavy atom. The predicted molar refractivity (Wildman–Crippen MR) is 110 cm³/mol. The maximum Gasteiger partial charge on any atom is 0.255 e. The van der Waals surface area contributed by atoms with Gasteiger partial charge in [0.05, 0.1) is 23.4 Å². The Balaban J connectivity index is 1.73. The summed E-state index contributed by atoms with van der Waals surface area (Å²) in [6, 6.07) is 12.0. The van der Waals surface area contributed by atoms with Crippen molar-refractivity contribution in [3.8, 4) is 11.4 Å². The number of hydrogen-bond donors (Lipinski definition) is 1. The molecular weight excluding hydrogens is 416 g/mol. The lowest BCUT2D eigenvalue weighted by Gasteiger charge is -2.16. The molecule has 0 spiro atoms. The second-order valence-corrected chi connectivity index (χ2v) is 8.77. The summed E-state index contributed by atoms with van der Waals surface area (Å²) in [6.07, 6.45) is 1.03. The molecule has 29 heavy (non-hydrogen) atoms. The molecule has 3 aromatic rings. The Morgan fingerprint density at radius 1 is 1.24 bits per heavy atom. The van der Waals surface area contributed by atoms with Gasteiger partial charge in [-0.3, -0.25) is 9.52 Å². The fourth-order valence-electron chi connectivity index (χ4n) is 2.67. The molecular formula is C19H19ClN4O4S. The fraction of sp³-hybridized carbons (Fsp3) is 0.211. The molecule has 152 valence electrons. The van der Waals surface area contributed by atoms with Gasteiger partial charge in [-0.1, -0.05) is 40.5 Å². The van der Waals surface area contributed by atoms with Crippen molar-refractivity contribution >= 4 is 33.2 Å². The zero-order valence-electron chi connectivity index (χ0n) is 16.0. The van der Waals surface area contributed by atoms with Gasteiger partial charge in [-0.2, -0.15) is 4.98 Å². The van der Waals surface area contributed by atoms with Crippen LogP contribution in [0.25, 0.3) is 11.4 Å². The molecule has 10 heteroatoms. The molecule has 0 saturated carbocycles. The molecule has 1 N–H and O–H groups in total. The Hall–Kier alpha value is -2.91. The summed E-state index contributed by atoms with van der Waals surface area (Å²) >= 11 is 6.17. The van der Waals surface area contributed by atoms with E-state index >= 15 is 0 Å². The summed E-state index contributed by atoms with van der Waals surface area (Å²) in [5, 5.41) is 4.09. The second kappa shape index (κ2) is 8.22. The lowest BCUT2D eigenvalue weighted by atomic mass is 10.1. The first-order valence-electron chi connectivity index (χ1n) is 8.55. The average molecular weight is 435 g/mol. The van der Waals surface area contributed by atoms with E-state index in [0.717, 1.165) is 17.4 Å². The van der Waals surface area contributed by atoms with Gasteiger partial charge >= 0.3 is 0 Å². The van der Waals surface area contributed by atoms with Gasteiger partial charge < -0.3 is 9.42 Å².